The average Bonchev–Trinajstić information content (AvgIpc) is 3.17. The van der Waals surface area contributed by atoms with Gasteiger partial charge in [0.05, 0.1) is 35.2 Å². The first-order chi connectivity index (χ1) is 15.2. The fourth-order valence-corrected chi connectivity index (χ4v) is 4.07. The van der Waals surface area contributed by atoms with Crippen LogP contribution in [0.5, 0.6) is 0 Å². The van der Waals surface area contributed by atoms with Gasteiger partial charge >= 0.3 is 0 Å². The van der Waals surface area contributed by atoms with Crippen molar-refractivity contribution >= 4 is 22.7 Å². The zero-order chi connectivity index (χ0) is 23.0. The average molecular weight is 441 g/mol. The van der Waals surface area contributed by atoms with E-state index in [1.807, 2.05) is 9.58 Å². The van der Waals surface area contributed by atoms with Gasteiger partial charge in [-0.05, 0) is 44.9 Å². The van der Waals surface area contributed by atoms with Gasteiger partial charge in [0.25, 0.3) is 5.91 Å². The van der Waals surface area contributed by atoms with Gasteiger partial charge in [0.1, 0.15) is 11.6 Å². The summed E-state index contributed by atoms with van der Waals surface area (Å²) in [6, 6.07) is 3.51. The lowest BCUT2D eigenvalue weighted by Crippen LogP contribution is -2.37. The zero-order valence-electron chi connectivity index (χ0n) is 18.2. The molecule has 3 heterocycles. The number of pyridine rings is 1. The molecule has 9 heteroatoms. The summed E-state index contributed by atoms with van der Waals surface area (Å²) in [5, 5.41) is 7.80. The molecule has 0 spiro atoms. The van der Waals surface area contributed by atoms with Gasteiger partial charge in [-0.3, -0.25) is 19.3 Å². The van der Waals surface area contributed by atoms with E-state index in [1.165, 1.54) is 0 Å². The third-order valence-electron chi connectivity index (χ3n) is 5.73. The Morgan fingerprint density at radius 1 is 1.09 bits per heavy atom. The van der Waals surface area contributed by atoms with E-state index in [0.717, 1.165) is 35.9 Å². The Morgan fingerprint density at radius 3 is 2.47 bits per heavy atom. The largest absolute Gasteiger partial charge is 0.350 e. The van der Waals surface area contributed by atoms with E-state index >= 15 is 0 Å². The van der Waals surface area contributed by atoms with Crippen molar-refractivity contribution in [1.82, 2.24) is 25.0 Å². The number of piperidine rings is 1. The van der Waals surface area contributed by atoms with Gasteiger partial charge in [-0.1, -0.05) is 0 Å². The van der Waals surface area contributed by atoms with E-state index in [1.54, 1.807) is 39.2 Å². The highest BCUT2D eigenvalue weighted by Gasteiger charge is 2.24. The van der Waals surface area contributed by atoms with Crippen LogP contribution in [0.2, 0.25) is 0 Å². The molecule has 7 nitrogen and oxygen atoms in total. The van der Waals surface area contributed by atoms with E-state index in [4.69, 9.17) is 0 Å². The first-order valence-corrected chi connectivity index (χ1v) is 10.6. The molecule has 0 unspecified atom stereocenters. The Bertz CT molecular complexity index is 1180. The maximum atomic E-state index is 14.8. The fourth-order valence-electron chi connectivity index (χ4n) is 4.07. The van der Waals surface area contributed by atoms with E-state index in [9.17, 15) is 18.4 Å². The number of nitrogens with zero attached hydrogens (tertiary/aromatic N) is 4. The number of carbonyl (C=O) groups excluding carboxylic acids is 2. The number of benzene rings is 1. The van der Waals surface area contributed by atoms with Crippen LogP contribution in [0.3, 0.4) is 0 Å². The van der Waals surface area contributed by atoms with Crippen molar-refractivity contribution in [3.63, 3.8) is 0 Å². The van der Waals surface area contributed by atoms with Gasteiger partial charge in [0, 0.05) is 37.0 Å². The number of amides is 2. The number of nitrogens with one attached hydrogen (secondary N) is 1. The van der Waals surface area contributed by atoms with Crippen LogP contribution >= 0.6 is 0 Å². The zero-order valence-corrected chi connectivity index (χ0v) is 18.2. The molecule has 168 valence electrons. The molecule has 2 amide bonds. The first kappa shape index (κ1) is 21.9. The Hall–Kier alpha value is -3.36. The smallest absolute Gasteiger partial charge is 0.254 e. The number of halogens is 2. The molecule has 32 heavy (non-hydrogen) atoms. The van der Waals surface area contributed by atoms with E-state index in [-0.39, 0.29) is 34.8 Å². The maximum Gasteiger partial charge on any atom is 0.254 e. The second-order valence-electron chi connectivity index (χ2n) is 8.39. The summed E-state index contributed by atoms with van der Waals surface area (Å²) in [6.07, 6.45) is 4.86. The predicted molar refractivity (Wildman–Crippen MR) is 116 cm³/mol. The molecular formula is C23H25F2N5O2. The van der Waals surface area contributed by atoms with E-state index < -0.39 is 17.5 Å². The number of fused-ring (bicyclic) bond motifs is 1. The maximum absolute atomic E-state index is 14.8. The van der Waals surface area contributed by atoms with Crippen molar-refractivity contribution < 1.29 is 18.4 Å². The Kier molecular flexibility index (Phi) is 5.90. The normalized spacial score (nSPS) is 14.9. The molecule has 0 bridgehead atoms. The number of hydrogen-bond acceptors (Lipinski definition) is 4. The number of likely N-dealkylation sites (tertiary alicyclic amines) is 1. The Morgan fingerprint density at radius 2 is 1.81 bits per heavy atom. The summed E-state index contributed by atoms with van der Waals surface area (Å²) in [7, 11) is 0. The Balaban J connectivity index is 1.61. The van der Waals surface area contributed by atoms with Crippen LogP contribution in [-0.4, -0.2) is 50.6 Å². The number of hydrogen-bond donors (Lipinski definition) is 1. The molecule has 1 aromatic carbocycles. The first-order valence-electron chi connectivity index (χ1n) is 10.6. The van der Waals surface area contributed by atoms with Gasteiger partial charge in [-0.25, -0.2) is 8.78 Å². The number of carbonyl (C=O) groups is 2. The highest BCUT2D eigenvalue weighted by atomic mass is 19.1. The van der Waals surface area contributed by atoms with Crippen molar-refractivity contribution in [2.24, 2.45) is 0 Å². The highest BCUT2D eigenvalue weighted by Crippen LogP contribution is 2.30. The summed E-state index contributed by atoms with van der Waals surface area (Å²) in [4.78, 5) is 29.8. The second kappa shape index (κ2) is 8.64. The summed E-state index contributed by atoms with van der Waals surface area (Å²) in [5.41, 5.74) is 0.693. The van der Waals surface area contributed by atoms with Gasteiger partial charge in [-0.2, -0.15) is 5.10 Å². The van der Waals surface area contributed by atoms with Gasteiger partial charge in [-0.15, -0.1) is 0 Å². The number of rotatable bonds is 4. The van der Waals surface area contributed by atoms with Crippen LogP contribution in [0.1, 0.15) is 50.0 Å². The van der Waals surface area contributed by atoms with Crippen molar-refractivity contribution in [2.75, 3.05) is 13.1 Å². The molecule has 1 N–H and O–H groups in total. The lowest BCUT2D eigenvalue weighted by atomic mass is 10.0. The van der Waals surface area contributed by atoms with E-state index in [2.05, 4.69) is 15.4 Å². The van der Waals surface area contributed by atoms with Crippen LogP contribution in [0, 0.1) is 11.6 Å². The van der Waals surface area contributed by atoms with Crippen molar-refractivity contribution in [3.05, 3.63) is 47.8 Å². The van der Waals surface area contributed by atoms with Crippen molar-refractivity contribution in [3.8, 4) is 11.3 Å². The minimum atomic E-state index is -0.811. The molecule has 0 radical (unpaired) electrons. The van der Waals surface area contributed by atoms with E-state index in [0.29, 0.717) is 13.1 Å². The van der Waals surface area contributed by atoms with Gasteiger partial charge < -0.3 is 10.2 Å². The topological polar surface area (TPSA) is 80.1 Å². The quantitative estimate of drug-likeness (QED) is 0.670. The third-order valence-corrected chi connectivity index (χ3v) is 5.73. The van der Waals surface area contributed by atoms with Crippen LogP contribution in [0.4, 0.5) is 8.78 Å². The summed E-state index contributed by atoms with van der Waals surface area (Å²) in [5.74, 6) is -2.13. The molecular weight excluding hydrogens is 416 g/mol. The molecule has 3 aromatic rings. The fraction of sp³-hybridized carbons (Fsp3) is 0.391. The lowest BCUT2D eigenvalue weighted by Gasteiger charge is -2.31. The molecule has 0 aliphatic carbocycles. The highest BCUT2D eigenvalue weighted by molar-refractivity contribution is 5.95. The minimum absolute atomic E-state index is 0.0204. The molecule has 1 fully saturated rings. The van der Waals surface area contributed by atoms with Crippen LogP contribution in [0.15, 0.2) is 30.6 Å². The van der Waals surface area contributed by atoms with Crippen LogP contribution in [0.25, 0.3) is 22.2 Å². The molecule has 0 atom stereocenters. The van der Waals surface area contributed by atoms with Crippen molar-refractivity contribution in [1.29, 1.82) is 0 Å². The van der Waals surface area contributed by atoms with Gasteiger partial charge in [0.2, 0.25) is 5.91 Å². The standard InChI is InChI=1S/C23H25F2N5O2/c1-13(2)28-23(32)18-10-19(24)17(9-20(18)25)21-8-15-11-27-30(22(15)12-26-21)16-4-6-29(7-5-16)14(3)31/h8-13,16H,4-7H2,1-3H3,(H,28,32). The molecule has 1 saturated heterocycles. The monoisotopic (exact) mass is 441 g/mol. The molecule has 1 aliphatic heterocycles. The predicted octanol–water partition coefficient (Wildman–Crippen LogP) is 3.70. The lowest BCUT2D eigenvalue weighted by molar-refractivity contribution is -0.130. The molecule has 1 aliphatic rings. The Labute approximate surface area is 184 Å². The third kappa shape index (κ3) is 4.19. The number of aromatic nitrogens is 3. The minimum Gasteiger partial charge on any atom is -0.350 e. The molecule has 0 saturated carbocycles. The van der Waals surface area contributed by atoms with Crippen LogP contribution in [-0.2, 0) is 4.79 Å². The van der Waals surface area contributed by atoms with Crippen molar-refractivity contribution in [2.45, 2.75) is 45.7 Å². The second-order valence-corrected chi connectivity index (χ2v) is 8.39. The summed E-state index contributed by atoms with van der Waals surface area (Å²) in [6.45, 7) is 6.40. The summed E-state index contributed by atoms with van der Waals surface area (Å²) < 4.78 is 31.2. The SMILES string of the molecule is CC(=O)N1CCC(n2ncc3cc(-c4cc(F)c(C(=O)NC(C)C)cc4F)ncc32)CC1. The molecule has 4 rings (SSSR count). The molecule has 2 aromatic heterocycles. The van der Waals surface area contributed by atoms with Crippen LogP contribution < -0.4 is 5.32 Å². The van der Waals surface area contributed by atoms with Gasteiger partial charge in [0.15, 0.2) is 0 Å². The summed E-state index contributed by atoms with van der Waals surface area (Å²) >= 11 is 0.